The predicted octanol–water partition coefficient (Wildman–Crippen LogP) is 5.09. The molecule has 0 spiro atoms. The molecule has 0 radical (unpaired) electrons. The van der Waals surface area contributed by atoms with Crippen LogP contribution in [0, 0.1) is 21.4 Å². The summed E-state index contributed by atoms with van der Waals surface area (Å²) in [5.41, 5.74) is 4.13. The molecular weight excluding hydrogens is 446 g/mol. The number of ether oxygens (including phenoxy) is 1. The zero-order valence-electron chi connectivity index (χ0n) is 19.9. The fourth-order valence-electron chi connectivity index (χ4n) is 5.12. The average Bonchev–Trinajstić information content (AvgIpc) is 3.20. The molecular formula is C26H27N5O4. The number of methoxy groups -OCH3 is 1. The lowest BCUT2D eigenvalue weighted by Crippen LogP contribution is -2.42. The molecule has 1 aliphatic heterocycles. The summed E-state index contributed by atoms with van der Waals surface area (Å²) >= 11 is 0. The van der Waals surface area contributed by atoms with Crippen molar-refractivity contribution in [2.75, 3.05) is 12.4 Å². The van der Waals surface area contributed by atoms with Gasteiger partial charge in [-0.15, -0.1) is 0 Å². The number of hydrogen-bond acceptors (Lipinski definition) is 7. The Hall–Kier alpha value is -4.01. The van der Waals surface area contributed by atoms with Crippen molar-refractivity contribution in [3.63, 3.8) is 0 Å². The normalized spacial score (nSPS) is 20.7. The molecule has 2 aromatic carbocycles. The molecule has 1 saturated carbocycles. The van der Waals surface area contributed by atoms with Crippen LogP contribution in [-0.2, 0) is 11.3 Å². The van der Waals surface area contributed by atoms with Crippen LogP contribution in [0.1, 0.15) is 43.9 Å². The summed E-state index contributed by atoms with van der Waals surface area (Å²) in [6, 6.07) is 13.4. The number of aliphatic imine (C=N–C) groups is 1. The van der Waals surface area contributed by atoms with E-state index in [4.69, 9.17) is 9.73 Å². The molecule has 2 atom stereocenters. The maximum atomic E-state index is 13.5. The van der Waals surface area contributed by atoms with E-state index in [0.29, 0.717) is 18.7 Å². The van der Waals surface area contributed by atoms with Crippen molar-refractivity contribution in [3.8, 4) is 5.75 Å². The van der Waals surface area contributed by atoms with E-state index in [0.717, 1.165) is 34.6 Å². The fraction of sp³-hybridized carbons (Fsp3) is 0.346. The Bertz CT molecular complexity index is 1340. The Morgan fingerprint density at radius 2 is 2.03 bits per heavy atom. The molecule has 2 aliphatic rings. The van der Waals surface area contributed by atoms with Gasteiger partial charge in [0.1, 0.15) is 23.9 Å². The SMILES string of the molecule is COc1ccc(C2Nc3ccccc3N=C3CC(C)(C)CC(=O)C32)cc1Cn1cc([N+](=O)[O-])cn1. The first-order valence-corrected chi connectivity index (χ1v) is 11.5. The van der Waals surface area contributed by atoms with E-state index in [1.54, 1.807) is 7.11 Å². The topological polar surface area (TPSA) is 112 Å². The molecule has 180 valence electrons. The Morgan fingerprint density at radius 1 is 1.23 bits per heavy atom. The number of nitrogens with one attached hydrogen (secondary N) is 1. The molecule has 2 unspecified atom stereocenters. The second-order valence-electron chi connectivity index (χ2n) is 9.93. The van der Waals surface area contributed by atoms with Crippen LogP contribution in [0.15, 0.2) is 59.9 Å². The largest absolute Gasteiger partial charge is 0.496 e. The second-order valence-corrected chi connectivity index (χ2v) is 9.93. The Morgan fingerprint density at radius 3 is 2.77 bits per heavy atom. The number of para-hydroxylation sites is 2. The molecule has 1 aromatic heterocycles. The predicted molar refractivity (Wildman–Crippen MR) is 132 cm³/mol. The number of nitrogens with zero attached hydrogens (tertiary/aromatic N) is 4. The van der Waals surface area contributed by atoms with Crippen molar-refractivity contribution in [1.29, 1.82) is 0 Å². The van der Waals surface area contributed by atoms with Crippen molar-refractivity contribution < 1.29 is 14.5 Å². The first-order valence-electron chi connectivity index (χ1n) is 11.5. The van der Waals surface area contributed by atoms with E-state index in [9.17, 15) is 14.9 Å². The van der Waals surface area contributed by atoms with Gasteiger partial charge in [0.15, 0.2) is 0 Å². The van der Waals surface area contributed by atoms with E-state index < -0.39 is 4.92 Å². The molecule has 0 saturated heterocycles. The maximum Gasteiger partial charge on any atom is 0.307 e. The van der Waals surface area contributed by atoms with Gasteiger partial charge in [0, 0.05) is 17.7 Å². The Balaban J connectivity index is 1.57. The maximum absolute atomic E-state index is 13.5. The van der Waals surface area contributed by atoms with Crippen molar-refractivity contribution in [2.45, 2.75) is 39.3 Å². The summed E-state index contributed by atoms with van der Waals surface area (Å²) < 4.78 is 7.07. The number of Topliss-reactive ketones (excluding diaryl/α,β-unsaturated/α-hetero) is 1. The number of fused-ring (bicyclic) bond motifs is 2. The van der Waals surface area contributed by atoms with E-state index >= 15 is 0 Å². The van der Waals surface area contributed by atoms with E-state index in [1.807, 2.05) is 42.5 Å². The van der Waals surface area contributed by atoms with E-state index in [1.165, 1.54) is 17.1 Å². The summed E-state index contributed by atoms with van der Waals surface area (Å²) in [6.07, 6.45) is 3.86. The second kappa shape index (κ2) is 8.65. The number of carbonyl (C=O) groups excluding carboxylic acids is 1. The fourth-order valence-corrected chi connectivity index (χ4v) is 5.12. The molecule has 9 heteroatoms. The van der Waals surface area contributed by atoms with Crippen LogP contribution in [0.5, 0.6) is 5.75 Å². The number of rotatable bonds is 5. The van der Waals surface area contributed by atoms with Gasteiger partial charge < -0.3 is 10.1 Å². The highest BCUT2D eigenvalue weighted by atomic mass is 16.6. The van der Waals surface area contributed by atoms with Gasteiger partial charge in [-0.25, -0.2) is 0 Å². The number of aromatic nitrogens is 2. The Kier molecular flexibility index (Phi) is 5.62. The molecule has 1 fully saturated rings. The zero-order valence-corrected chi connectivity index (χ0v) is 19.9. The summed E-state index contributed by atoms with van der Waals surface area (Å²) in [6.45, 7) is 4.51. The highest BCUT2D eigenvalue weighted by Gasteiger charge is 2.44. The van der Waals surface area contributed by atoms with Crippen LogP contribution in [0.2, 0.25) is 0 Å². The minimum Gasteiger partial charge on any atom is -0.496 e. The molecule has 9 nitrogen and oxygen atoms in total. The van der Waals surface area contributed by atoms with Crippen molar-refractivity contribution in [3.05, 3.63) is 76.1 Å². The van der Waals surface area contributed by atoms with Gasteiger partial charge >= 0.3 is 5.69 Å². The van der Waals surface area contributed by atoms with Crippen LogP contribution in [-0.4, -0.2) is 33.3 Å². The summed E-state index contributed by atoms with van der Waals surface area (Å²) in [7, 11) is 1.59. The third-order valence-electron chi connectivity index (χ3n) is 6.66. The van der Waals surface area contributed by atoms with E-state index in [2.05, 4.69) is 24.3 Å². The van der Waals surface area contributed by atoms with E-state index in [-0.39, 0.29) is 28.8 Å². The van der Waals surface area contributed by atoms with Crippen molar-refractivity contribution in [2.24, 2.45) is 16.3 Å². The summed E-state index contributed by atoms with van der Waals surface area (Å²) in [4.78, 5) is 29.0. The van der Waals surface area contributed by atoms with Crippen LogP contribution >= 0.6 is 0 Å². The van der Waals surface area contributed by atoms with Gasteiger partial charge in [0.05, 0.1) is 41.9 Å². The first kappa shape index (κ1) is 22.8. The number of benzene rings is 2. The van der Waals surface area contributed by atoms with Gasteiger partial charge in [-0.1, -0.05) is 32.0 Å². The zero-order chi connectivity index (χ0) is 24.7. The van der Waals surface area contributed by atoms with Crippen molar-refractivity contribution in [1.82, 2.24) is 9.78 Å². The van der Waals surface area contributed by atoms with Gasteiger partial charge in [0.2, 0.25) is 0 Å². The van der Waals surface area contributed by atoms with Crippen LogP contribution in [0.4, 0.5) is 17.1 Å². The minimum atomic E-state index is -0.471. The first-order chi connectivity index (χ1) is 16.7. The summed E-state index contributed by atoms with van der Waals surface area (Å²) in [5, 5.41) is 18.8. The van der Waals surface area contributed by atoms with Gasteiger partial charge in [0.25, 0.3) is 0 Å². The molecule has 35 heavy (non-hydrogen) atoms. The highest BCUT2D eigenvalue weighted by molar-refractivity contribution is 6.10. The number of carbonyl (C=O) groups is 1. The number of nitro groups is 1. The molecule has 5 rings (SSSR count). The lowest BCUT2D eigenvalue weighted by molar-refractivity contribution is -0.385. The van der Waals surface area contributed by atoms with Gasteiger partial charge in [-0.2, -0.15) is 5.10 Å². The van der Waals surface area contributed by atoms with Crippen molar-refractivity contribution >= 4 is 28.6 Å². The third kappa shape index (κ3) is 4.41. The Labute approximate surface area is 203 Å². The lowest BCUT2D eigenvalue weighted by Gasteiger charge is -2.37. The molecule has 3 aromatic rings. The standard InChI is InChI=1S/C26H27N5O4/c1-26(2)11-21-24(22(32)12-26)25(29-20-7-5-4-6-19(20)28-21)16-8-9-23(35-3)17(10-16)14-30-15-18(13-27-30)31(33)34/h4-10,13,15,24-25,29H,11-12,14H2,1-3H3. The molecule has 0 amide bonds. The minimum absolute atomic E-state index is 0.0709. The molecule has 1 N–H and O–H groups in total. The number of hydrogen-bond donors (Lipinski definition) is 1. The molecule has 1 aliphatic carbocycles. The smallest absolute Gasteiger partial charge is 0.307 e. The summed E-state index contributed by atoms with van der Waals surface area (Å²) in [5.74, 6) is 0.429. The third-order valence-corrected chi connectivity index (χ3v) is 6.66. The lowest BCUT2D eigenvalue weighted by atomic mass is 9.68. The van der Waals surface area contributed by atoms with Crippen LogP contribution in [0.25, 0.3) is 0 Å². The van der Waals surface area contributed by atoms with Gasteiger partial charge in [-0.3, -0.25) is 24.6 Å². The monoisotopic (exact) mass is 473 g/mol. The highest BCUT2D eigenvalue weighted by Crippen LogP contribution is 2.45. The van der Waals surface area contributed by atoms with Gasteiger partial charge in [-0.05, 0) is 41.7 Å². The van der Waals surface area contributed by atoms with Crippen LogP contribution in [0.3, 0.4) is 0 Å². The average molecular weight is 474 g/mol. The molecule has 2 heterocycles. The van der Waals surface area contributed by atoms with Crippen LogP contribution < -0.4 is 10.1 Å². The molecule has 0 bridgehead atoms. The number of ketones is 1. The number of anilines is 1. The quantitative estimate of drug-likeness (QED) is 0.408.